The summed E-state index contributed by atoms with van der Waals surface area (Å²) in [7, 11) is 3.14. The van der Waals surface area contributed by atoms with Crippen LogP contribution in [0.3, 0.4) is 0 Å². The number of hydrogen-bond donors (Lipinski definition) is 5. The van der Waals surface area contributed by atoms with Crippen LogP contribution in [0.1, 0.15) is 51.8 Å². The van der Waals surface area contributed by atoms with Crippen LogP contribution in [0.4, 0.5) is 0 Å². The van der Waals surface area contributed by atoms with Crippen molar-refractivity contribution in [1.29, 1.82) is 0 Å². The van der Waals surface area contributed by atoms with E-state index >= 15 is 0 Å². The van der Waals surface area contributed by atoms with Gasteiger partial charge in [-0.25, -0.2) is 0 Å². The highest BCUT2D eigenvalue weighted by atomic mass is 16.5. The molecular formula is C37H37NO7. The van der Waals surface area contributed by atoms with Crippen molar-refractivity contribution in [3.8, 4) is 39.9 Å². The molecule has 1 aromatic heterocycles. The first kappa shape index (κ1) is 29.1. The van der Waals surface area contributed by atoms with Crippen LogP contribution in [0.2, 0.25) is 0 Å². The van der Waals surface area contributed by atoms with Crippen molar-refractivity contribution < 1.29 is 34.6 Å². The Kier molecular flexibility index (Phi) is 7.55. The van der Waals surface area contributed by atoms with Gasteiger partial charge in [-0.05, 0) is 113 Å². The molecule has 1 aliphatic heterocycles. The number of methoxy groups -OCH3 is 2. The van der Waals surface area contributed by atoms with E-state index in [2.05, 4.69) is 29.2 Å². The number of aliphatic hydroxyl groups is 2. The molecule has 5 N–H and O–H groups in total. The van der Waals surface area contributed by atoms with Crippen molar-refractivity contribution in [3.63, 3.8) is 0 Å². The Labute approximate surface area is 261 Å². The first-order chi connectivity index (χ1) is 21.9. The molecule has 1 aliphatic carbocycles. The highest BCUT2D eigenvalue weighted by Gasteiger charge is 2.37. The molecule has 8 nitrogen and oxygen atoms in total. The van der Waals surface area contributed by atoms with E-state index < -0.39 is 12.2 Å². The zero-order valence-corrected chi connectivity index (χ0v) is 25.3. The summed E-state index contributed by atoms with van der Waals surface area (Å²) in [6, 6.07) is 19.5. The van der Waals surface area contributed by atoms with Gasteiger partial charge >= 0.3 is 0 Å². The van der Waals surface area contributed by atoms with Gasteiger partial charge in [-0.2, -0.15) is 0 Å². The maximum atomic E-state index is 11.6. The fraction of sp³-hybridized carbons (Fsp3) is 0.297. The van der Waals surface area contributed by atoms with Crippen molar-refractivity contribution in [2.75, 3.05) is 20.8 Å². The Balaban J connectivity index is 1.30. The number of H-pyrrole nitrogens is 1. The number of nitrogens with one attached hydrogen (secondary N) is 1. The summed E-state index contributed by atoms with van der Waals surface area (Å²) in [6.07, 6.45) is 3.18. The summed E-state index contributed by atoms with van der Waals surface area (Å²) < 4.78 is 18.0. The van der Waals surface area contributed by atoms with Gasteiger partial charge in [0, 0.05) is 41.9 Å². The molecule has 0 saturated heterocycles. The van der Waals surface area contributed by atoms with Gasteiger partial charge in [0.1, 0.15) is 23.4 Å². The number of fused-ring (bicyclic) bond motifs is 6. The number of aryl methyl sites for hydroxylation is 1. The van der Waals surface area contributed by atoms with Gasteiger partial charge in [0.15, 0.2) is 11.5 Å². The fourth-order valence-corrected chi connectivity index (χ4v) is 7.20. The summed E-state index contributed by atoms with van der Waals surface area (Å²) in [6.45, 7) is -0.00269. The van der Waals surface area contributed by atoms with Gasteiger partial charge in [-0.1, -0.05) is 12.1 Å². The molecule has 8 heteroatoms. The Morgan fingerprint density at radius 3 is 2.56 bits per heavy atom. The molecule has 2 aliphatic rings. The molecular weight excluding hydrogens is 570 g/mol. The van der Waals surface area contributed by atoms with Crippen LogP contribution in [0, 0.1) is 0 Å². The molecule has 4 aromatic carbocycles. The lowest BCUT2D eigenvalue weighted by atomic mass is 9.73. The minimum atomic E-state index is -0.856. The van der Waals surface area contributed by atoms with E-state index in [0.717, 1.165) is 45.1 Å². The second kappa shape index (κ2) is 11.7. The van der Waals surface area contributed by atoms with Crippen LogP contribution in [0.25, 0.3) is 22.0 Å². The summed E-state index contributed by atoms with van der Waals surface area (Å²) in [4.78, 5) is 3.26. The summed E-state index contributed by atoms with van der Waals surface area (Å²) in [5.74, 6) is 1.96. The smallest absolute Gasteiger partial charge is 0.161 e. The van der Waals surface area contributed by atoms with Crippen LogP contribution < -0.4 is 14.2 Å². The quantitative estimate of drug-likeness (QED) is 0.144. The lowest BCUT2D eigenvalue weighted by molar-refractivity contribution is 0.0201. The molecule has 2 heterocycles. The first-order valence-electron chi connectivity index (χ1n) is 15.4. The second-order valence-electron chi connectivity index (χ2n) is 12.1. The van der Waals surface area contributed by atoms with E-state index in [4.69, 9.17) is 14.2 Å². The van der Waals surface area contributed by atoms with E-state index in [9.17, 15) is 20.4 Å². The summed E-state index contributed by atoms with van der Waals surface area (Å²) >= 11 is 0. The van der Waals surface area contributed by atoms with Gasteiger partial charge in [-0.15, -0.1) is 0 Å². The second-order valence-corrected chi connectivity index (χ2v) is 12.1. The number of phenolic OH excluding ortho intramolecular Hbond substituents is 2. The minimum Gasteiger partial charge on any atom is -0.508 e. The van der Waals surface area contributed by atoms with Crippen molar-refractivity contribution in [2.24, 2.45) is 0 Å². The Morgan fingerprint density at radius 2 is 1.76 bits per heavy atom. The maximum absolute atomic E-state index is 11.6. The number of aliphatic hydroxyl groups excluding tert-OH is 2. The summed E-state index contributed by atoms with van der Waals surface area (Å²) in [5, 5.41) is 43.3. The van der Waals surface area contributed by atoms with Crippen LogP contribution in [-0.4, -0.2) is 52.3 Å². The van der Waals surface area contributed by atoms with Gasteiger partial charge < -0.3 is 39.6 Å². The zero-order chi connectivity index (χ0) is 31.2. The number of hydrogen-bond acceptors (Lipinski definition) is 7. The number of ether oxygens (including phenoxy) is 3. The highest BCUT2D eigenvalue weighted by Crippen LogP contribution is 2.52. The average molecular weight is 608 g/mol. The number of aromatic nitrogens is 1. The molecule has 0 amide bonds. The molecule has 0 bridgehead atoms. The fourth-order valence-electron chi connectivity index (χ4n) is 7.20. The summed E-state index contributed by atoms with van der Waals surface area (Å²) in [5.41, 5.74) is 8.69. The zero-order valence-electron chi connectivity index (χ0n) is 25.3. The van der Waals surface area contributed by atoms with Crippen LogP contribution >= 0.6 is 0 Å². The third-order valence-electron chi connectivity index (χ3n) is 9.33. The van der Waals surface area contributed by atoms with E-state index in [1.54, 1.807) is 19.2 Å². The third kappa shape index (κ3) is 5.14. The van der Waals surface area contributed by atoms with Crippen LogP contribution in [0.15, 0.2) is 66.9 Å². The van der Waals surface area contributed by atoms with E-state index in [1.807, 2.05) is 30.5 Å². The van der Waals surface area contributed by atoms with Gasteiger partial charge in [0.05, 0.1) is 20.3 Å². The van der Waals surface area contributed by atoms with E-state index in [0.29, 0.717) is 54.1 Å². The molecule has 0 fully saturated rings. The standard InChI is InChI=1S/C37H37NO7/c1-43-33-19-32-28(18-31(41)37(45-32)24-14-22(4-3-11-39)36(42)34(16-24)44-2)29-15-23(27-17-25(40)6-7-26(27)35(29)33)13-20-5-8-30-21(12-20)9-10-38-30/h5-10,12,14,16-17,19,23,31,37-42H,3-4,11,13,15,18H2,1-2H3. The van der Waals surface area contributed by atoms with Crippen molar-refractivity contribution in [2.45, 2.75) is 50.2 Å². The Bertz CT molecular complexity index is 1890. The van der Waals surface area contributed by atoms with E-state index in [1.165, 1.54) is 12.7 Å². The molecule has 232 valence electrons. The monoisotopic (exact) mass is 607 g/mol. The predicted octanol–water partition coefficient (Wildman–Crippen LogP) is 6.11. The number of phenols is 2. The molecule has 0 radical (unpaired) electrons. The van der Waals surface area contributed by atoms with E-state index in [-0.39, 0.29) is 24.0 Å². The van der Waals surface area contributed by atoms with Gasteiger partial charge in [-0.3, -0.25) is 0 Å². The Hall–Kier alpha value is -4.66. The number of aromatic amines is 1. The lowest BCUT2D eigenvalue weighted by Gasteiger charge is -2.37. The third-order valence-corrected chi connectivity index (χ3v) is 9.33. The number of aromatic hydroxyl groups is 2. The van der Waals surface area contributed by atoms with Gasteiger partial charge in [0.25, 0.3) is 0 Å². The maximum Gasteiger partial charge on any atom is 0.161 e. The Morgan fingerprint density at radius 1 is 0.911 bits per heavy atom. The average Bonchev–Trinajstić information content (AvgIpc) is 3.52. The molecule has 3 atom stereocenters. The lowest BCUT2D eigenvalue weighted by Crippen LogP contribution is -2.32. The number of rotatable bonds is 8. The highest BCUT2D eigenvalue weighted by molar-refractivity contribution is 5.83. The van der Waals surface area contributed by atoms with Crippen LogP contribution in [-0.2, 0) is 25.7 Å². The first-order valence-corrected chi connectivity index (χ1v) is 15.4. The van der Waals surface area contributed by atoms with Crippen molar-refractivity contribution in [1.82, 2.24) is 4.98 Å². The topological polar surface area (TPSA) is 124 Å². The molecule has 5 aromatic rings. The predicted molar refractivity (Wildman–Crippen MR) is 172 cm³/mol. The number of benzene rings is 4. The van der Waals surface area contributed by atoms with Crippen molar-refractivity contribution in [3.05, 3.63) is 100 Å². The molecule has 0 saturated carbocycles. The largest absolute Gasteiger partial charge is 0.508 e. The van der Waals surface area contributed by atoms with Crippen LogP contribution in [0.5, 0.6) is 28.7 Å². The van der Waals surface area contributed by atoms with Gasteiger partial charge in [0.2, 0.25) is 0 Å². The molecule has 0 spiro atoms. The SMILES string of the molecule is COc1cc(C2Oc3cc(OC)c4c(c3CC2O)CC(Cc2ccc3[nH]ccc3c2)c2cc(O)ccc2-4)cc(CCCO)c1O. The minimum absolute atomic E-state index is 0.00269. The normalized spacial score (nSPS) is 18.5. The molecule has 3 unspecified atom stereocenters. The molecule has 7 rings (SSSR count). The molecule has 45 heavy (non-hydrogen) atoms. The van der Waals surface area contributed by atoms with Crippen molar-refractivity contribution >= 4 is 10.9 Å².